The van der Waals surface area contributed by atoms with Crippen LogP contribution in [0.5, 0.6) is 0 Å². The molecule has 0 aromatic heterocycles. The summed E-state index contributed by atoms with van der Waals surface area (Å²) in [7, 11) is 0. The summed E-state index contributed by atoms with van der Waals surface area (Å²) in [6, 6.07) is 36.7. The van der Waals surface area contributed by atoms with Crippen LogP contribution in [0.25, 0.3) is 21.5 Å². The van der Waals surface area contributed by atoms with E-state index in [0.717, 1.165) is 12.8 Å². The maximum atomic E-state index is 3.33. The van der Waals surface area contributed by atoms with Crippen LogP contribution >= 0.6 is 0 Å². The van der Waals surface area contributed by atoms with Crippen LogP contribution in [-0.2, 0) is 24.2 Å². The van der Waals surface area contributed by atoms with Gasteiger partial charge in [-0.3, -0.25) is 6.08 Å². The summed E-state index contributed by atoms with van der Waals surface area (Å²) in [6.07, 6.45) is 9.03. The topological polar surface area (TPSA) is 0 Å². The Balaban J connectivity index is 0.000000211. The van der Waals surface area contributed by atoms with Crippen LogP contribution in [-0.4, -0.2) is 3.21 Å². The van der Waals surface area contributed by atoms with Gasteiger partial charge in [-0.2, -0.15) is 5.57 Å². The molecule has 5 aromatic rings. The molecule has 1 aliphatic carbocycles. The number of aryl methyl sites for hydroxylation is 2. The molecule has 0 spiro atoms. The first-order valence-corrected chi connectivity index (χ1v) is 14.8. The van der Waals surface area contributed by atoms with Gasteiger partial charge >= 0.3 is 99.2 Å². The van der Waals surface area contributed by atoms with Crippen molar-refractivity contribution in [3.8, 4) is 0 Å². The molecule has 40 heavy (non-hydrogen) atoms. The van der Waals surface area contributed by atoms with E-state index in [1.54, 1.807) is 0 Å². The van der Waals surface area contributed by atoms with Crippen LogP contribution in [0.1, 0.15) is 55.4 Å². The average Bonchev–Trinajstić information content (AvgIpc) is 3.57. The molecule has 0 radical (unpaired) electrons. The van der Waals surface area contributed by atoms with Gasteiger partial charge < -0.3 is 24.8 Å². The summed E-state index contributed by atoms with van der Waals surface area (Å²) >= 11 is 1.46. The van der Waals surface area contributed by atoms with Gasteiger partial charge in [-0.05, 0) is 13.8 Å². The molecule has 6 rings (SSSR count). The third kappa shape index (κ3) is 9.04. The quantitative estimate of drug-likeness (QED) is 0.260. The fourth-order valence-electron chi connectivity index (χ4n) is 4.67. The summed E-state index contributed by atoms with van der Waals surface area (Å²) in [5, 5.41) is 5.46. The van der Waals surface area contributed by atoms with Crippen molar-refractivity contribution >= 4 is 24.8 Å². The molecular weight excluding hydrogens is 607 g/mol. The zero-order valence-corrected chi connectivity index (χ0v) is 27.7. The van der Waals surface area contributed by atoms with Crippen LogP contribution in [0, 0.1) is 19.9 Å². The van der Waals surface area contributed by atoms with Gasteiger partial charge in [-0.25, -0.2) is 11.6 Å². The van der Waals surface area contributed by atoms with Gasteiger partial charge in [0.25, 0.3) is 0 Å². The van der Waals surface area contributed by atoms with Gasteiger partial charge in [0.05, 0.1) is 0 Å². The molecule has 5 aromatic carbocycles. The number of rotatable bonds is 4. The number of hydrogen-bond acceptors (Lipinski definition) is 0. The molecule has 0 aliphatic heterocycles. The molecular formula is C37H36Cl2Zr-2. The van der Waals surface area contributed by atoms with Gasteiger partial charge in [0, 0.05) is 0 Å². The molecule has 0 nitrogen and oxygen atoms in total. The SMILES string of the molecule is CCC1=[C-]CC(CC)=C1.Cc1ccc2c(c1)[cH-]c1cc(C)ccc12.[Cl-].[Cl-].[Zr+2]=[C](c1ccccc1)c1ccccc1. The standard InChI is InChI=1S/C15H13.C13H10.C9H13.2ClH.Zr/c1-10-3-5-14-12(7-10)9-13-8-11(2)4-6-15(13)14;1-3-7-12(8-4-1)11-13-9-5-2-6-10-13;1-3-8-5-6-9(4-2)7-8;;;/h3-9H,1-2H3;1-10H;7H,3-5H2,1-2H3;2*1H;/q-1;;-1;;;+2/p-2. The minimum absolute atomic E-state index is 0. The molecule has 0 fully saturated rings. The first-order chi connectivity index (χ1) is 18.5. The van der Waals surface area contributed by atoms with E-state index in [2.05, 4.69) is 143 Å². The molecule has 0 saturated heterocycles. The monoisotopic (exact) mass is 640 g/mol. The van der Waals surface area contributed by atoms with Crippen LogP contribution in [0.3, 0.4) is 0 Å². The van der Waals surface area contributed by atoms with Crippen molar-refractivity contribution in [2.75, 3.05) is 0 Å². The predicted octanol–water partition coefficient (Wildman–Crippen LogP) is 4.01. The summed E-state index contributed by atoms with van der Waals surface area (Å²) in [6.45, 7) is 8.66. The van der Waals surface area contributed by atoms with E-state index >= 15 is 0 Å². The van der Waals surface area contributed by atoms with Crippen molar-refractivity contribution in [1.82, 2.24) is 0 Å². The number of hydrogen-bond donors (Lipinski definition) is 0. The minimum atomic E-state index is 0. The molecule has 204 valence electrons. The maximum absolute atomic E-state index is 3.33. The van der Waals surface area contributed by atoms with Crippen molar-refractivity contribution in [1.29, 1.82) is 0 Å². The number of benzene rings is 4. The molecule has 0 heterocycles. The van der Waals surface area contributed by atoms with Gasteiger partial charge in [0.1, 0.15) is 0 Å². The van der Waals surface area contributed by atoms with Crippen molar-refractivity contribution in [3.05, 3.63) is 149 Å². The zero-order chi connectivity index (χ0) is 26.9. The molecule has 1 aliphatic rings. The first-order valence-electron chi connectivity index (χ1n) is 13.5. The van der Waals surface area contributed by atoms with Crippen LogP contribution in [0.4, 0.5) is 0 Å². The van der Waals surface area contributed by atoms with Crippen molar-refractivity contribution in [3.63, 3.8) is 0 Å². The number of allylic oxidation sites excluding steroid dienone is 4. The molecule has 0 saturated carbocycles. The third-order valence-corrected chi connectivity index (χ3v) is 8.32. The Morgan fingerprint density at radius 2 is 1.18 bits per heavy atom. The Kier molecular flexibility index (Phi) is 14.1. The fourth-order valence-corrected chi connectivity index (χ4v) is 5.49. The molecule has 0 atom stereocenters. The Labute approximate surface area is 267 Å². The van der Waals surface area contributed by atoms with Gasteiger partial charge in [-0.15, -0.1) is 46.2 Å². The second-order valence-corrected chi connectivity index (χ2v) is 11.1. The zero-order valence-electron chi connectivity index (χ0n) is 23.8. The molecule has 0 amide bonds. The summed E-state index contributed by atoms with van der Waals surface area (Å²) in [5.41, 5.74) is 8.25. The summed E-state index contributed by atoms with van der Waals surface area (Å²) in [5.74, 6) is 0. The van der Waals surface area contributed by atoms with Crippen LogP contribution < -0.4 is 24.8 Å². The fraction of sp³-hybridized carbons (Fsp3) is 0.189. The molecule has 0 bridgehead atoms. The average molecular weight is 643 g/mol. The first kappa shape index (κ1) is 33.8. The van der Waals surface area contributed by atoms with E-state index in [1.807, 2.05) is 0 Å². The normalized spacial score (nSPS) is 11.7. The van der Waals surface area contributed by atoms with Gasteiger partial charge in [0.2, 0.25) is 0 Å². The van der Waals surface area contributed by atoms with Crippen molar-refractivity contribution in [2.24, 2.45) is 0 Å². The number of halogens is 2. The third-order valence-electron chi connectivity index (χ3n) is 6.90. The van der Waals surface area contributed by atoms with Crippen LogP contribution in [0.2, 0.25) is 0 Å². The van der Waals surface area contributed by atoms with E-state index < -0.39 is 0 Å². The second-order valence-electron chi connectivity index (χ2n) is 9.82. The van der Waals surface area contributed by atoms with Crippen molar-refractivity contribution in [2.45, 2.75) is 47.0 Å². The van der Waals surface area contributed by atoms with Gasteiger partial charge in [0.15, 0.2) is 0 Å². The summed E-state index contributed by atoms with van der Waals surface area (Å²) in [4.78, 5) is 0. The molecule has 3 heteroatoms. The Morgan fingerprint density at radius 1 is 0.700 bits per heavy atom. The van der Waals surface area contributed by atoms with E-state index in [9.17, 15) is 0 Å². The number of fused-ring (bicyclic) bond motifs is 3. The Morgan fingerprint density at radius 3 is 1.55 bits per heavy atom. The van der Waals surface area contributed by atoms with Gasteiger partial charge in [-0.1, -0.05) is 62.1 Å². The van der Waals surface area contributed by atoms with Crippen LogP contribution in [0.15, 0.2) is 120 Å². The Hall–Kier alpha value is -2.44. The van der Waals surface area contributed by atoms with E-state index in [1.165, 1.54) is 88.8 Å². The Bertz CT molecular complexity index is 1480. The summed E-state index contributed by atoms with van der Waals surface area (Å²) < 4.78 is 1.42. The van der Waals surface area contributed by atoms with E-state index in [-0.39, 0.29) is 24.8 Å². The van der Waals surface area contributed by atoms with E-state index in [0.29, 0.717) is 0 Å². The second kappa shape index (κ2) is 16.7. The predicted molar refractivity (Wildman–Crippen MR) is 163 cm³/mol. The molecule has 0 unspecified atom stereocenters. The van der Waals surface area contributed by atoms with E-state index in [4.69, 9.17) is 0 Å². The molecule has 0 N–H and O–H groups in total. The van der Waals surface area contributed by atoms with Crippen molar-refractivity contribution < 1.29 is 49.0 Å².